The number of para-hydroxylation sites is 1. The standard InChI is InChI=1S/C20H28N2O2/c1-2-3-13-21-19(23)16-8-10-17(11-9-16)20(24)22-14-12-15-6-4-5-7-18(15)22/h4-7,16-17H,2-3,8-14H2,1H3,(H,21,23). The molecule has 1 aliphatic carbocycles. The maximum absolute atomic E-state index is 12.9. The van der Waals surface area contributed by atoms with Gasteiger partial charge in [-0.3, -0.25) is 9.59 Å². The lowest BCUT2D eigenvalue weighted by molar-refractivity contribution is -0.129. The monoisotopic (exact) mass is 328 g/mol. The molecule has 0 spiro atoms. The molecule has 3 rings (SSSR count). The highest BCUT2D eigenvalue weighted by molar-refractivity contribution is 5.97. The number of unbranched alkanes of at least 4 members (excludes halogenated alkanes) is 1. The first-order valence-corrected chi connectivity index (χ1v) is 9.37. The highest BCUT2D eigenvalue weighted by Gasteiger charge is 2.34. The second kappa shape index (κ2) is 7.82. The molecular weight excluding hydrogens is 300 g/mol. The molecule has 1 N–H and O–H groups in total. The van der Waals surface area contributed by atoms with E-state index in [1.54, 1.807) is 0 Å². The second-order valence-electron chi connectivity index (χ2n) is 7.06. The van der Waals surface area contributed by atoms with E-state index in [1.165, 1.54) is 5.56 Å². The Bertz CT molecular complexity index is 591. The summed E-state index contributed by atoms with van der Waals surface area (Å²) in [6.07, 6.45) is 6.43. The summed E-state index contributed by atoms with van der Waals surface area (Å²) >= 11 is 0. The van der Waals surface area contributed by atoms with Crippen LogP contribution in [0.15, 0.2) is 24.3 Å². The number of nitrogens with one attached hydrogen (secondary N) is 1. The van der Waals surface area contributed by atoms with Gasteiger partial charge < -0.3 is 10.2 Å². The molecule has 1 fully saturated rings. The quantitative estimate of drug-likeness (QED) is 0.843. The highest BCUT2D eigenvalue weighted by Crippen LogP contribution is 2.34. The minimum Gasteiger partial charge on any atom is -0.356 e. The van der Waals surface area contributed by atoms with Gasteiger partial charge in [0.25, 0.3) is 0 Å². The van der Waals surface area contributed by atoms with Gasteiger partial charge in [-0.2, -0.15) is 0 Å². The Hall–Kier alpha value is -1.84. The highest BCUT2D eigenvalue weighted by atomic mass is 16.2. The first-order chi connectivity index (χ1) is 11.7. The number of anilines is 1. The molecule has 1 heterocycles. The van der Waals surface area contributed by atoms with E-state index in [0.29, 0.717) is 0 Å². The molecule has 0 atom stereocenters. The minimum atomic E-state index is 0.0795. The van der Waals surface area contributed by atoms with Gasteiger partial charge in [-0.05, 0) is 50.2 Å². The van der Waals surface area contributed by atoms with Crippen molar-refractivity contribution in [1.82, 2.24) is 5.32 Å². The van der Waals surface area contributed by atoms with Crippen molar-refractivity contribution >= 4 is 17.5 Å². The Morgan fingerprint density at radius 1 is 1.12 bits per heavy atom. The third kappa shape index (κ3) is 3.63. The Morgan fingerprint density at radius 2 is 1.83 bits per heavy atom. The second-order valence-corrected chi connectivity index (χ2v) is 7.06. The van der Waals surface area contributed by atoms with Crippen LogP contribution in [-0.4, -0.2) is 24.9 Å². The van der Waals surface area contributed by atoms with Crippen molar-refractivity contribution in [3.8, 4) is 0 Å². The van der Waals surface area contributed by atoms with Crippen LogP contribution in [0.4, 0.5) is 5.69 Å². The Labute approximate surface area is 144 Å². The average Bonchev–Trinajstić information content (AvgIpc) is 3.05. The van der Waals surface area contributed by atoms with E-state index in [1.807, 2.05) is 23.1 Å². The van der Waals surface area contributed by atoms with Gasteiger partial charge in [-0.1, -0.05) is 31.5 Å². The van der Waals surface area contributed by atoms with Gasteiger partial charge in [0.2, 0.25) is 11.8 Å². The molecule has 0 aromatic heterocycles. The van der Waals surface area contributed by atoms with Crippen LogP contribution in [-0.2, 0) is 16.0 Å². The number of benzene rings is 1. The molecule has 2 amide bonds. The van der Waals surface area contributed by atoms with E-state index in [9.17, 15) is 9.59 Å². The molecule has 0 bridgehead atoms. The maximum Gasteiger partial charge on any atom is 0.230 e. The molecule has 0 unspecified atom stereocenters. The van der Waals surface area contributed by atoms with Crippen molar-refractivity contribution in [2.24, 2.45) is 11.8 Å². The zero-order valence-electron chi connectivity index (χ0n) is 14.6. The van der Waals surface area contributed by atoms with E-state index < -0.39 is 0 Å². The lowest BCUT2D eigenvalue weighted by atomic mass is 9.81. The van der Waals surface area contributed by atoms with Gasteiger partial charge in [0.1, 0.15) is 0 Å². The van der Waals surface area contributed by atoms with E-state index in [2.05, 4.69) is 18.3 Å². The molecule has 4 nitrogen and oxygen atoms in total. The van der Waals surface area contributed by atoms with E-state index in [-0.39, 0.29) is 23.7 Å². The number of rotatable bonds is 5. The van der Waals surface area contributed by atoms with Crippen LogP contribution >= 0.6 is 0 Å². The molecule has 0 saturated heterocycles. The normalized spacial score (nSPS) is 23.0. The third-order valence-electron chi connectivity index (χ3n) is 5.43. The SMILES string of the molecule is CCCCNC(=O)C1CCC(C(=O)N2CCc3ccccc32)CC1. The van der Waals surface area contributed by atoms with Gasteiger partial charge >= 0.3 is 0 Å². The summed E-state index contributed by atoms with van der Waals surface area (Å²) in [7, 11) is 0. The molecule has 4 heteroatoms. The van der Waals surface area contributed by atoms with Gasteiger partial charge in [0, 0.05) is 30.6 Å². The Morgan fingerprint density at radius 3 is 2.58 bits per heavy atom. The van der Waals surface area contributed by atoms with Crippen LogP contribution in [0.1, 0.15) is 51.0 Å². The van der Waals surface area contributed by atoms with Crippen LogP contribution in [0.2, 0.25) is 0 Å². The topological polar surface area (TPSA) is 49.4 Å². The zero-order chi connectivity index (χ0) is 16.9. The lowest BCUT2D eigenvalue weighted by Crippen LogP contribution is -2.39. The Kier molecular flexibility index (Phi) is 5.54. The molecule has 1 aromatic rings. The van der Waals surface area contributed by atoms with Crippen molar-refractivity contribution in [3.63, 3.8) is 0 Å². The molecule has 1 aromatic carbocycles. The van der Waals surface area contributed by atoms with Gasteiger partial charge in [-0.15, -0.1) is 0 Å². The summed E-state index contributed by atoms with van der Waals surface area (Å²) in [6, 6.07) is 8.20. The van der Waals surface area contributed by atoms with Gasteiger partial charge in [0.15, 0.2) is 0 Å². The van der Waals surface area contributed by atoms with Crippen LogP contribution in [0.3, 0.4) is 0 Å². The number of hydrogen-bond acceptors (Lipinski definition) is 2. The predicted molar refractivity (Wildman–Crippen MR) is 95.9 cm³/mol. The average molecular weight is 328 g/mol. The fourth-order valence-corrected chi connectivity index (χ4v) is 3.92. The van der Waals surface area contributed by atoms with Gasteiger partial charge in [0.05, 0.1) is 0 Å². The van der Waals surface area contributed by atoms with Crippen LogP contribution in [0.5, 0.6) is 0 Å². The first kappa shape index (κ1) is 17.0. The number of carbonyl (C=O) groups excluding carboxylic acids is 2. The minimum absolute atomic E-state index is 0.0795. The van der Waals surface area contributed by atoms with Crippen molar-refractivity contribution in [2.45, 2.75) is 51.9 Å². The summed E-state index contributed by atoms with van der Waals surface area (Å²) in [5, 5.41) is 3.03. The number of amides is 2. The van der Waals surface area contributed by atoms with Crippen molar-refractivity contribution in [2.75, 3.05) is 18.0 Å². The fourth-order valence-electron chi connectivity index (χ4n) is 3.92. The summed E-state index contributed by atoms with van der Waals surface area (Å²) in [5.74, 6) is 0.610. The van der Waals surface area contributed by atoms with Crippen LogP contribution in [0.25, 0.3) is 0 Å². The molecule has 1 saturated carbocycles. The van der Waals surface area contributed by atoms with Crippen molar-refractivity contribution in [3.05, 3.63) is 29.8 Å². The maximum atomic E-state index is 12.9. The fraction of sp³-hybridized carbons (Fsp3) is 0.600. The largest absolute Gasteiger partial charge is 0.356 e. The van der Waals surface area contributed by atoms with Crippen LogP contribution in [0, 0.1) is 11.8 Å². The third-order valence-corrected chi connectivity index (χ3v) is 5.43. The predicted octanol–water partition coefficient (Wildman–Crippen LogP) is 3.30. The van der Waals surface area contributed by atoms with Gasteiger partial charge in [-0.25, -0.2) is 0 Å². The summed E-state index contributed by atoms with van der Waals surface area (Å²) < 4.78 is 0. The lowest BCUT2D eigenvalue weighted by Gasteiger charge is -2.30. The van der Waals surface area contributed by atoms with E-state index in [4.69, 9.17) is 0 Å². The molecule has 130 valence electrons. The smallest absolute Gasteiger partial charge is 0.230 e. The molecule has 24 heavy (non-hydrogen) atoms. The molecular formula is C20H28N2O2. The molecule has 0 radical (unpaired) electrons. The molecule has 2 aliphatic rings. The van der Waals surface area contributed by atoms with E-state index in [0.717, 1.165) is 63.7 Å². The van der Waals surface area contributed by atoms with Crippen LogP contribution < -0.4 is 10.2 Å². The number of fused-ring (bicyclic) bond motifs is 1. The van der Waals surface area contributed by atoms with Crippen molar-refractivity contribution in [1.29, 1.82) is 0 Å². The summed E-state index contributed by atoms with van der Waals surface area (Å²) in [5.41, 5.74) is 2.36. The summed E-state index contributed by atoms with van der Waals surface area (Å²) in [4.78, 5) is 27.0. The zero-order valence-corrected chi connectivity index (χ0v) is 14.6. The Balaban J connectivity index is 1.52. The summed E-state index contributed by atoms with van der Waals surface area (Å²) in [6.45, 7) is 3.70. The first-order valence-electron chi connectivity index (χ1n) is 9.37. The molecule has 1 aliphatic heterocycles. The number of hydrogen-bond donors (Lipinski definition) is 1. The van der Waals surface area contributed by atoms with Crippen molar-refractivity contribution < 1.29 is 9.59 Å². The number of nitrogens with zero attached hydrogens (tertiary/aromatic N) is 1. The van der Waals surface area contributed by atoms with E-state index >= 15 is 0 Å². The number of carbonyl (C=O) groups is 2.